The Morgan fingerprint density at radius 1 is 1.15 bits per heavy atom. The van der Waals surface area contributed by atoms with Gasteiger partial charge in [0, 0.05) is 13.1 Å². The lowest BCUT2D eigenvalue weighted by molar-refractivity contribution is 0.186. The van der Waals surface area contributed by atoms with Gasteiger partial charge in [0.1, 0.15) is 0 Å². The highest BCUT2D eigenvalue weighted by molar-refractivity contribution is 5.85. The van der Waals surface area contributed by atoms with E-state index in [1.54, 1.807) is 0 Å². The summed E-state index contributed by atoms with van der Waals surface area (Å²) in [5, 5.41) is 3.96. The standard InChI is InChI=1S/C14H28N4O.ClH/c1-10(2)7-18(8-11(3)4)9-12-16-13(17-19-12)14(5,6)15;/h10-11H,7-9,15H2,1-6H3;1H. The second-order valence-corrected chi connectivity index (χ2v) is 6.72. The number of hydrogen-bond acceptors (Lipinski definition) is 5. The van der Waals surface area contributed by atoms with Crippen LogP contribution in [0.4, 0.5) is 0 Å². The fraction of sp³-hybridized carbons (Fsp3) is 0.857. The lowest BCUT2D eigenvalue weighted by Gasteiger charge is -2.24. The largest absolute Gasteiger partial charge is 0.338 e. The van der Waals surface area contributed by atoms with Crippen LogP contribution in [0.3, 0.4) is 0 Å². The minimum Gasteiger partial charge on any atom is -0.338 e. The van der Waals surface area contributed by atoms with Crippen molar-refractivity contribution in [2.75, 3.05) is 13.1 Å². The zero-order valence-electron chi connectivity index (χ0n) is 13.5. The monoisotopic (exact) mass is 304 g/mol. The molecule has 0 saturated carbocycles. The minimum absolute atomic E-state index is 0. The first-order chi connectivity index (χ1) is 8.68. The highest BCUT2D eigenvalue weighted by Gasteiger charge is 2.22. The molecule has 1 rings (SSSR count). The van der Waals surface area contributed by atoms with Gasteiger partial charge in [-0.2, -0.15) is 4.98 Å². The molecule has 2 N–H and O–H groups in total. The van der Waals surface area contributed by atoms with Crippen molar-refractivity contribution in [1.29, 1.82) is 0 Å². The van der Waals surface area contributed by atoms with Crippen LogP contribution in [-0.4, -0.2) is 28.1 Å². The third kappa shape index (κ3) is 6.68. The van der Waals surface area contributed by atoms with Crippen LogP contribution in [-0.2, 0) is 12.1 Å². The molecule has 6 heteroatoms. The maximum atomic E-state index is 5.96. The Hall–Kier alpha value is -0.650. The van der Waals surface area contributed by atoms with Gasteiger partial charge in [0.2, 0.25) is 5.89 Å². The van der Waals surface area contributed by atoms with Crippen LogP contribution in [0.25, 0.3) is 0 Å². The quantitative estimate of drug-likeness (QED) is 0.839. The lowest BCUT2D eigenvalue weighted by Crippen LogP contribution is -2.32. The summed E-state index contributed by atoms with van der Waals surface area (Å²) in [6, 6.07) is 0. The van der Waals surface area contributed by atoms with Crippen LogP contribution in [0.5, 0.6) is 0 Å². The van der Waals surface area contributed by atoms with E-state index in [0.717, 1.165) is 13.1 Å². The van der Waals surface area contributed by atoms with Gasteiger partial charge in [0.25, 0.3) is 0 Å². The SMILES string of the molecule is CC(C)CN(Cc1nc(C(C)(C)N)no1)CC(C)C.Cl. The molecule has 0 bridgehead atoms. The topological polar surface area (TPSA) is 68.2 Å². The van der Waals surface area contributed by atoms with Crippen LogP contribution in [0.1, 0.15) is 53.3 Å². The smallest absolute Gasteiger partial charge is 0.240 e. The van der Waals surface area contributed by atoms with E-state index in [1.165, 1.54) is 0 Å². The van der Waals surface area contributed by atoms with E-state index in [2.05, 4.69) is 42.7 Å². The first-order valence-electron chi connectivity index (χ1n) is 7.02. The fourth-order valence-corrected chi connectivity index (χ4v) is 2.01. The average Bonchev–Trinajstić information content (AvgIpc) is 2.62. The van der Waals surface area contributed by atoms with E-state index in [9.17, 15) is 0 Å². The van der Waals surface area contributed by atoms with Crippen molar-refractivity contribution in [2.24, 2.45) is 17.6 Å². The second-order valence-electron chi connectivity index (χ2n) is 6.72. The maximum absolute atomic E-state index is 5.96. The van der Waals surface area contributed by atoms with Gasteiger partial charge in [0.05, 0.1) is 12.1 Å². The molecule has 0 aromatic carbocycles. The predicted molar refractivity (Wildman–Crippen MR) is 83.7 cm³/mol. The molecule has 1 aromatic rings. The van der Waals surface area contributed by atoms with E-state index in [1.807, 2.05) is 13.8 Å². The first-order valence-corrected chi connectivity index (χ1v) is 7.02. The summed E-state index contributed by atoms with van der Waals surface area (Å²) in [5.74, 6) is 2.45. The van der Waals surface area contributed by atoms with E-state index in [-0.39, 0.29) is 12.4 Å². The van der Waals surface area contributed by atoms with Crippen molar-refractivity contribution in [1.82, 2.24) is 15.0 Å². The van der Waals surface area contributed by atoms with Crippen molar-refractivity contribution in [3.05, 3.63) is 11.7 Å². The summed E-state index contributed by atoms with van der Waals surface area (Å²) in [6.45, 7) is 15.4. The molecule has 0 aliphatic carbocycles. The number of aromatic nitrogens is 2. The molecule has 0 saturated heterocycles. The van der Waals surface area contributed by atoms with Crippen LogP contribution in [0.2, 0.25) is 0 Å². The molecule has 0 aliphatic heterocycles. The van der Waals surface area contributed by atoms with Gasteiger partial charge in [0.15, 0.2) is 5.82 Å². The number of rotatable bonds is 7. The Morgan fingerprint density at radius 2 is 1.65 bits per heavy atom. The minimum atomic E-state index is -0.553. The van der Waals surface area contributed by atoms with E-state index >= 15 is 0 Å². The zero-order valence-corrected chi connectivity index (χ0v) is 14.3. The molecule has 0 unspecified atom stereocenters. The van der Waals surface area contributed by atoms with E-state index in [4.69, 9.17) is 10.3 Å². The van der Waals surface area contributed by atoms with Crippen molar-refractivity contribution in [3.63, 3.8) is 0 Å². The van der Waals surface area contributed by atoms with Crippen molar-refractivity contribution >= 4 is 12.4 Å². The van der Waals surface area contributed by atoms with Crippen LogP contribution in [0, 0.1) is 11.8 Å². The van der Waals surface area contributed by atoms with E-state index < -0.39 is 5.54 Å². The Bertz CT molecular complexity index is 375. The van der Waals surface area contributed by atoms with Crippen LogP contribution in [0.15, 0.2) is 4.52 Å². The molecule has 118 valence electrons. The number of halogens is 1. The van der Waals surface area contributed by atoms with Crippen LogP contribution >= 0.6 is 12.4 Å². The maximum Gasteiger partial charge on any atom is 0.240 e. The summed E-state index contributed by atoms with van der Waals surface area (Å²) in [5.41, 5.74) is 5.41. The Labute approximate surface area is 128 Å². The Balaban J connectivity index is 0.00000361. The molecule has 1 aromatic heterocycles. The summed E-state index contributed by atoms with van der Waals surface area (Å²) < 4.78 is 5.30. The van der Waals surface area contributed by atoms with Gasteiger partial charge >= 0.3 is 0 Å². The number of nitrogens with two attached hydrogens (primary N) is 1. The number of nitrogens with zero attached hydrogens (tertiary/aromatic N) is 3. The molecule has 5 nitrogen and oxygen atoms in total. The third-order valence-electron chi connectivity index (χ3n) is 2.65. The fourth-order valence-electron chi connectivity index (χ4n) is 2.01. The highest BCUT2D eigenvalue weighted by atomic mass is 35.5. The second kappa shape index (κ2) is 7.96. The molecule has 0 fully saturated rings. The molecule has 0 spiro atoms. The van der Waals surface area contributed by atoms with Crippen molar-refractivity contribution < 1.29 is 4.52 Å². The van der Waals surface area contributed by atoms with Gasteiger partial charge in [-0.1, -0.05) is 32.9 Å². The average molecular weight is 305 g/mol. The molecule has 1 heterocycles. The van der Waals surface area contributed by atoms with Crippen molar-refractivity contribution in [3.8, 4) is 0 Å². The summed E-state index contributed by atoms with van der Waals surface area (Å²) in [6.07, 6.45) is 0. The molecular weight excluding hydrogens is 276 g/mol. The first kappa shape index (κ1) is 19.4. The van der Waals surface area contributed by atoms with Gasteiger partial charge < -0.3 is 10.3 Å². The van der Waals surface area contributed by atoms with E-state index in [0.29, 0.717) is 30.1 Å². The lowest BCUT2D eigenvalue weighted by atomic mass is 10.1. The van der Waals surface area contributed by atoms with Gasteiger partial charge in [-0.05, 0) is 25.7 Å². The van der Waals surface area contributed by atoms with Crippen LogP contribution < -0.4 is 5.73 Å². The Kier molecular flexibility index (Phi) is 7.70. The molecular formula is C14H29ClN4O. The number of hydrogen-bond donors (Lipinski definition) is 1. The summed E-state index contributed by atoms with van der Waals surface area (Å²) >= 11 is 0. The molecule has 0 atom stereocenters. The molecule has 20 heavy (non-hydrogen) atoms. The summed E-state index contributed by atoms with van der Waals surface area (Å²) in [7, 11) is 0. The molecule has 0 amide bonds. The third-order valence-corrected chi connectivity index (χ3v) is 2.65. The summed E-state index contributed by atoms with van der Waals surface area (Å²) in [4.78, 5) is 6.75. The Morgan fingerprint density at radius 3 is 2.00 bits per heavy atom. The van der Waals surface area contributed by atoms with Gasteiger partial charge in [-0.25, -0.2) is 0 Å². The normalized spacial score (nSPS) is 12.3. The zero-order chi connectivity index (χ0) is 14.6. The highest BCUT2D eigenvalue weighted by Crippen LogP contribution is 2.14. The molecule has 0 aliphatic rings. The molecule has 0 radical (unpaired) electrons. The van der Waals surface area contributed by atoms with Crippen molar-refractivity contribution in [2.45, 2.75) is 53.6 Å². The predicted octanol–water partition coefficient (Wildman–Crippen LogP) is 2.80. The van der Waals surface area contributed by atoms with Gasteiger partial charge in [-0.3, -0.25) is 4.90 Å². The van der Waals surface area contributed by atoms with Gasteiger partial charge in [-0.15, -0.1) is 12.4 Å².